The first-order chi connectivity index (χ1) is 16.1. The highest BCUT2D eigenvalue weighted by Gasteiger charge is 2.26. The minimum absolute atomic E-state index is 0.164. The van der Waals surface area contributed by atoms with Crippen LogP contribution in [0.15, 0.2) is 58.4 Å². The summed E-state index contributed by atoms with van der Waals surface area (Å²) in [5.74, 6) is 2.06. The van der Waals surface area contributed by atoms with Gasteiger partial charge in [0.25, 0.3) is 0 Å². The average molecular weight is 467 g/mol. The zero-order chi connectivity index (χ0) is 23.0. The molecule has 7 nitrogen and oxygen atoms in total. The summed E-state index contributed by atoms with van der Waals surface area (Å²) in [6.45, 7) is 2.81. The molecule has 8 heteroatoms. The highest BCUT2D eigenvalue weighted by atomic mass is 32.2. The van der Waals surface area contributed by atoms with Crippen molar-refractivity contribution in [3.8, 4) is 0 Å². The molecule has 1 aromatic heterocycles. The van der Waals surface area contributed by atoms with Gasteiger partial charge in [-0.15, -0.1) is 11.8 Å². The number of thioether (sulfide) groups is 1. The van der Waals surface area contributed by atoms with Gasteiger partial charge in [0.15, 0.2) is 5.96 Å². The van der Waals surface area contributed by atoms with Crippen LogP contribution in [-0.4, -0.2) is 59.4 Å². The van der Waals surface area contributed by atoms with Gasteiger partial charge in [0.05, 0.1) is 17.1 Å². The molecular weight excluding hydrogens is 432 g/mol. The monoisotopic (exact) mass is 466 g/mol. The number of hydrogen-bond donors (Lipinski definition) is 3. The maximum absolute atomic E-state index is 6.71. The van der Waals surface area contributed by atoms with E-state index in [0.717, 1.165) is 66.9 Å². The van der Waals surface area contributed by atoms with Crippen LogP contribution >= 0.6 is 11.8 Å². The Morgan fingerprint density at radius 3 is 2.79 bits per heavy atom. The smallest absolute Gasteiger partial charge is 0.185 e. The topological polar surface area (TPSA) is 106 Å². The van der Waals surface area contributed by atoms with Crippen molar-refractivity contribution in [3.63, 3.8) is 0 Å². The molecule has 5 N–H and O–H groups in total. The van der Waals surface area contributed by atoms with Crippen LogP contribution in [0, 0.1) is 0 Å². The molecule has 1 saturated heterocycles. The van der Waals surface area contributed by atoms with Gasteiger partial charge in [-0.1, -0.05) is 24.3 Å². The summed E-state index contributed by atoms with van der Waals surface area (Å²) in [5, 5.41) is 0. The molecule has 0 radical (unpaired) electrons. The molecule has 4 rings (SSSR count). The van der Waals surface area contributed by atoms with Gasteiger partial charge >= 0.3 is 0 Å². The minimum Gasteiger partial charge on any atom is -0.370 e. The molecule has 33 heavy (non-hydrogen) atoms. The van der Waals surface area contributed by atoms with Crippen LogP contribution in [0.4, 0.5) is 0 Å². The quantitative estimate of drug-likeness (QED) is 0.181. The summed E-state index contributed by atoms with van der Waals surface area (Å²) in [4.78, 5) is 16.0. The molecule has 0 saturated carbocycles. The van der Waals surface area contributed by atoms with Crippen molar-refractivity contribution in [2.45, 2.75) is 42.8 Å². The fraction of sp³-hybridized carbons (Fsp3) is 0.440. The largest absolute Gasteiger partial charge is 0.370 e. The fourth-order valence-corrected chi connectivity index (χ4v) is 5.07. The van der Waals surface area contributed by atoms with Gasteiger partial charge < -0.3 is 26.1 Å². The van der Waals surface area contributed by atoms with Crippen LogP contribution < -0.4 is 11.5 Å². The third-order valence-corrected chi connectivity index (χ3v) is 7.01. The molecule has 1 atom stereocenters. The Morgan fingerprint density at radius 2 is 2.00 bits per heavy atom. The molecule has 3 aromatic rings. The number of imidazole rings is 1. The highest BCUT2D eigenvalue weighted by Crippen LogP contribution is 2.32. The highest BCUT2D eigenvalue weighted by molar-refractivity contribution is 7.99. The Morgan fingerprint density at radius 1 is 1.18 bits per heavy atom. The van der Waals surface area contributed by atoms with E-state index in [2.05, 4.69) is 52.3 Å². The lowest BCUT2D eigenvalue weighted by Crippen LogP contribution is -2.35. The number of fused-ring (bicyclic) bond motifs is 1. The normalized spacial score (nSPS) is 16.2. The number of rotatable bonds is 10. The number of nitrogens with one attached hydrogen (secondary N) is 1. The van der Waals surface area contributed by atoms with E-state index in [9.17, 15) is 0 Å². The van der Waals surface area contributed by atoms with Crippen molar-refractivity contribution < 1.29 is 4.74 Å². The Balaban J connectivity index is 1.49. The molecular formula is C25H34N6OS. The third-order valence-electron chi connectivity index (χ3n) is 5.93. The SMILES string of the molecule is CN1CCC(OC(c2cccc(SCCCCN=C(N)N)c2)c2nc3ccccc3[nH]2)CC1. The Hall–Kier alpha value is -2.55. The van der Waals surface area contributed by atoms with E-state index in [1.165, 1.54) is 4.90 Å². The summed E-state index contributed by atoms with van der Waals surface area (Å²) in [7, 11) is 2.17. The molecule has 2 aromatic carbocycles. The maximum atomic E-state index is 6.71. The summed E-state index contributed by atoms with van der Waals surface area (Å²) < 4.78 is 6.71. The van der Waals surface area contributed by atoms with Crippen LogP contribution in [0.25, 0.3) is 11.0 Å². The number of aromatic nitrogens is 2. The number of unbranched alkanes of at least 4 members (excludes halogenated alkanes) is 1. The lowest BCUT2D eigenvalue weighted by Gasteiger charge is -2.31. The number of nitrogens with zero attached hydrogens (tertiary/aromatic N) is 3. The molecule has 0 spiro atoms. The van der Waals surface area contributed by atoms with Gasteiger partial charge in [-0.2, -0.15) is 0 Å². The van der Waals surface area contributed by atoms with Crippen molar-refractivity contribution in [2.75, 3.05) is 32.4 Å². The molecule has 1 fully saturated rings. The van der Waals surface area contributed by atoms with Crippen LogP contribution in [0.2, 0.25) is 0 Å². The first-order valence-corrected chi connectivity index (χ1v) is 12.6. The first-order valence-electron chi connectivity index (χ1n) is 11.7. The van der Waals surface area contributed by atoms with E-state index in [1.807, 2.05) is 30.0 Å². The molecule has 1 aliphatic rings. The van der Waals surface area contributed by atoms with Gasteiger partial charge in [-0.3, -0.25) is 4.99 Å². The fourth-order valence-electron chi connectivity index (χ4n) is 4.09. The number of aromatic amines is 1. The third kappa shape index (κ3) is 6.72. The maximum Gasteiger partial charge on any atom is 0.185 e. The second-order valence-electron chi connectivity index (χ2n) is 8.59. The number of guanidine groups is 1. The Kier molecular flexibility index (Phi) is 8.25. The van der Waals surface area contributed by atoms with E-state index in [4.69, 9.17) is 21.2 Å². The summed E-state index contributed by atoms with van der Waals surface area (Å²) in [5.41, 5.74) is 13.9. The van der Waals surface area contributed by atoms with Crippen molar-refractivity contribution in [1.29, 1.82) is 0 Å². The molecule has 176 valence electrons. The van der Waals surface area contributed by atoms with E-state index in [1.54, 1.807) is 0 Å². The zero-order valence-corrected chi connectivity index (χ0v) is 20.1. The van der Waals surface area contributed by atoms with E-state index < -0.39 is 0 Å². The lowest BCUT2D eigenvalue weighted by molar-refractivity contribution is -0.0264. The van der Waals surface area contributed by atoms with Gasteiger partial charge in [-0.05, 0) is 68.3 Å². The molecule has 1 aliphatic heterocycles. The number of likely N-dealkylation sites (tertiary alicyclic amines) is 1. The summed E-state index contributed by atoms with van der Waals surface area (Å²) in [6.07, 6.45) is 4.13. The van der Waals surface area contributed by atoms with Crippen LogP contribution in [0.5, 0.6) is 0 Å². The number of hydrogen-bond acceptors (Lipinski definition) is 5. The molecule has 0 amide bonds. The second-order valence-corrected chi connectivity index (χ2v) is 9.76. The molecule has 0 aliphatic carbocycles. The summed E-state index contributed by atoms with van der Waals surface area (Å²) >= 11 is 1.85. The second kappa shape index (κ2) is 11.5. The molecule has 2 heterocycles. The van der Waals surface area contributed by atoms with Crippen LogP contribution in [0.3, 0.4) is 0 Å². The first kappa shape index (κ1) is 23.6. The minimum atomic E-state index is -0.215. The van der Waals surface area contributed by atoms with Crippen molar-refractivity contribution >= 4 is 28.8 Å². The van der Waals surface area contributed by atoms with E-state index >= 15 is 0 Å². The molecule has 0 bridgehead atoms. The van der Waals surface area contributed by atoms with E-state index in [0.29, 0.717) is 6.54 Å². The Labute approximate surface area is 200 Å². The standard InChI is InChI=1S/C25H34N6OS/c1-31-14-11-19(12-15-31)32-23(24-29-21-9-2-3-10-22(21)30-24)18-7-6-8-20(17-18)33-16-5-4-13-28-25(26)27/h2-3,6-10,17,19,23H,4-5,11-16H2,1H3,(H,29,30)(H4,26,27,28). The van der Waals surface area contributed by atoms with Gasteiger partial charge in [-0.25, -0.2) is 4.98 Å². The predicted molar refractivity (Wildman–Crippen MR) is 137 cm³/mol. The summed E-state index contributed by atoms with van der Waals surface area (Å²) in [6, 6.07) is 16.8. The predicted octanol–water partition coefficient (Wildman–Crippen LogP) is 3.91. The zero-order valence-electron chi connectivity index (χ0n) is 19.2. The van der Waals surface area contributed by atoms with Crippen molar-refractivity contribution in [2.24, 2.45) is 16.5 Å². The van der Waals surface area contributed by atoms with Crippen LogP contribution in [-0.2, 0) is 4.74 Å². The number of para-hydroxylation sites is 2. The number of ether oxygens (including phenoxy) is 1. The number of benzene rings is 2. The van der Waals surface area contributed by atoms with Crippen molar-refractivity contribution in [3.05, 3.63) is 59.9 Å². The van der Waals surface area contributed by atoms with Crippen molar-refractivity contribution in [1.82, 2.24) is 14.9 Å². The number of nitrogens with two attached hydrogens (primary N) is 2. The van der Waals surface area contributed by atoms with Gasteiger partial charge in [0.2, 0.25) is 0 Å². The number of piperidine rings is 1. The number of aliphatic imine (C=N–C) groups is 1. The van der Waals surface area contributed by atoms with E-state index in [-0.39, 0.29) is 18.2 Å². The molecule has 1 unspecified atom stereocenters. The van der Waals surface area contributed by atoms with Crippen LogP contribution in [0.1, 0.15) is 43.2 Å². The Bertz CT molecular complexity index is 1020. The number of H-pyrrole nitrogens is 1. The lowest BCUT2D eigenvalue weighted by atomic mass is 10.1. The average Bonchev–Trinajstić information content (AvgIpc) is 3.25. The van der Waals surface area contributed by atoms with Gasteiger partial charge in [0.1, 0.15) is 11.9 Å². The van der Waals surface area contributed by atoms with Gasteiger partial charge in [0, 0.05) is 24.5 Å².